The fourth-order valence-corrected chi connectivity index (χ4v) is 3.30. The van der Waals surface area contributed by atoms with Gasteiger partial charge in [-0.2, -0.15) is 0 Å². The Labute approximate surface area is 160 Å². The molecule has 0 aliphatic carbocycles. The van der Waals surface area contributed by atoms with Gasteiger partial charge in [-0.05, 0) is 42.3 Å². The second kappa shape index (κ2) is 7.23. The summed E-state index contributed by atoms with van der Waals surface area (Å²) in [4.78, 5) is 30.3. The number of benzene rings is 2. The van der Waals surface area contributed by atoms with Gasteiger partial charge in [0.15, 0.2) is 5.52 Å². The Hall–Kier alpha value is -3.54. The van der Waals surface area contributed by atoms with Gasteiger partial charge in [0.25, 0.3) is 5.56 Å². The third-order valence-corrected chi connectivity index (χ3v) is 4.66. The van der Waals surface area contributed by atoms with Crippen LogP contribution in [-0.2, 0) is 13.1 Å². The van der Waals surface area contributed by atoms with Crippen LogP contribution in [0, 0.1) is 12.7 Å². The average molecular weight is 375 g/mol. The van der Waals surface area contributed by atoms with Crippen molar-refractivity contribution in [2.24, 2.45) is 0 Å². The fourth-order valence-electron chi connectivity index (χ4n) is 3.30. The van der Waals surface area contributed by atoms with E-state index in [0.717, 1.165) is 15.7 Å². The first kappa shape index (κ1) is 17.9. The number of rotatable bonds is 4. The molecular weight excluding hydrogens is 357 g/mol. The molecule has 2 aromatic carbocycles. The minimum absolute atomic E-state index is 0.0538. The van der Waals surface area contributed by atoms with E-state index < -0.39 is 11.2 Å². The molecule has 4 aromatic rings. The molecule has 2 heterocycles. The van der Waals surface area contributed by atoms with Crippen LogP contribution in [0.25, 0.3) is 11.0 Å². The van der Waals surface area contributed by atoms with Gasteiger partial charge in [-0.15, -0.1) is 0 Å². The van der Waals surface area contributed by atoms with E-state index in [1.165, 1.54) is 18.3 Å². The Bertz CT molecular complexity index is 1270. The van der Waals surface area contributed by atoms with Gasteiger partial charge in [0.2, 0.25) is 0 Å². The normalized spacial score (nSPS) is 11.1. The molecule has 0 radical (unpaired) electrons. The highest BCUT2D eigenvalue weighted by Gasteiger charge is 2.14. The highest BCUT2D eigenvalue weighted by Crippen LogP contribution is 2.11. The first-order chi connectivity index (χ1) is 13.5. The maximum Gasteiger partial charge on any atom is 0.332 e. The molecule has 0 spiro atoms. The number of hydrogen-bond donors (Lipinski definition) is 0. The highest BCUT2D eigenvalue weighted by atomic mass is 19.1. The van der Waals surface area contributed by atoms with Crippen LogP contribution in [0.3, 0.4) is 0 Å². The van der Waals surface area contributed by atoms with Crippen LogP contribution in [0.5, 0.6) is 0 Å². The van der Waals surface area contributed by atoms with E-state index in [1.807, 2.05) is 31.2 Å². The number of halogens is 1. The molecule has 2 aromatic heterocycles. The van der Waals surface area contributed by atoms with Crippen molar-refractivity contribution in [3.05, 3.63) is 110 Å². The fraction of sp³-hybridized carbons (Fsp3) is 0.136. The number of hydrogen-bond acceptors (Lipinski definition) is 3. The monoisotopic (exact) mass is 375 g/mol. The van der Waals surface area contributed by atoms with Crippen LogP contribution in [-0.4, -0.2) is 14.1 Å². The van der Waals surface area contributed by atoms with Crippen LogP contribution in [0.1, 0.15) is 16.7 Å². The highest BCUT2D eigenvalue weighted by molar-refractivity contribution is 5.73. The van der Waals surface area contributed by atoms with Gasteiger partial charge >= 0.3 is 5.69 Å². The van der Waals surface area contributed by atoms with E-state index in [-0.39, 0.29) is 17.9 Å². The van der Waals surface area contributed by atoms with Crippen LogP contribution in [0.2, 0.25) is 0 Å². The van der Waals surface area contributed by atoms with Gasteiger partial charge in [0, 0.05) is 6.20 Å². The van der Waals surface area contributed by atoms with Crippen molar-refractivity contribution in [1.29, 1.82) is 0 Å². The lowest BCUT2D eigenvalue weighted by atomic mass is 10.1. The van der Waals surface area contributed by atoms with Crippen molar-refractivity contribution in [1.82, 2.24) is 14.1 Å². The first-order valence-corrected chi connectivity index (χ1v) is 8.91. The molecule has 140 valence electrons. The second-order valence-corrected chi connectivity index (χ2v) is 6.75. The van der Waals surface area contributed by atoms with E-state index in [9.17, 15) is 14.0 Å². The Kier molecular flexibility index (Phi) is 4.61. The Morgan fingerprint density at radius 2 is 1.64 bits per heavy atom. The van der Waals surface area contributed by atoms with Crippen molar-refractivity contribution in [3.63, 3.8) is 0 Å². The minimum atomic E-state index is -0.453. The maximum atomic E-state index is 13.2. The van der Waals surface area contributed by atoms with Gasteiger partial charge in [-0.3, -0.25) is 13.9 Å². The molecule has 0 unspecified atom stereocenters. The van der Waals surface area contributed by atoms with Crippen molar-refractivity contribution in [2.75, 3.05) is 0 Å². The summed E-state index contributed by atoms with van der Waals surface area (Å²) in [5.41, 5.74) is 2.57. The quantitative estimate of drug-likeness (QED) is 0.551. The SMILES string of the molecule is Cc1cccc(Cn2c(=O)n(Cc3ccc(F)cc3)c(=O)c3ncccc32)c1. The van der Waals surface area contributed by atoms with Crippen molar-refractivity contribution in [3.8, 4) is 0 Å². The van der Waals surface area contributed by atoms with Crippen LogP contribution in [0.15, 0.2) is 76.4 Å². The van der Waals surface area contributed by atoms with Gasteiger partial charge < -0.3 is 0 Å². The number of nitrogens with zero attached hydrogens (tertiary/aromatic N) is 3. The van der Waals surface area contributed by atoms with Crippen molar-refractivity contribution in [2.45, 2.75) is 20.0 Å². The molecular formula is C22H18FN3O2. The zero-order valence-electron chi connectivity index (χ0n) is 15.3. The van der Waals surface area contributed by atoms with Gasteiger partial charge in [0.05, 0.1) is 18.6 Å². The summed E-state index contributed by atoms with van der Waals surface area (Å²) in [7, 11) is 0. The molecule has 0 saturated heterocycles. The summed E-state index contributed by atoms with van der Waals surface area (Å²) in [6.45, 7) is 2.37. The summed E-state index contributed by atoms with van der Waals surface area (Å²) in [6, 6.07) is 17.0. The lowest BCUT2D eigenvalue weighted by Gasteiger charge is -2.14. The lowest BCUT2D eigenvalue weighted by Crippen LogP contribution is -2.40. The first-order valence-electron chi connectivity index (χ1n) is 8.91. The summed E-state index contributed by atoms with van der Waals surface area (Å²) in [5.74, 6) is -0.367. The number of aromatic nitrogens is 3. The summed E-state index contributed by atoms with van der Waals surface area (Å²) < 4.78 is 15.9. The smallest absolute Gasteiger partial charge is 0.287 e. The molecule has 5 nitrogen and oxygen atoms in total. The predicted octanol–water partition coefficient (Wildman–Crippen LogP) is 3.10. The topological polar surface area (TPSA) is 56.9 Å². The molecule has 0 fully saturated rings. The summed E-state index contributed by atoms with van der Waals surface area (Å²) in [6.07, 6.45) is 1.54. The zero-order valence-corrected chi connectivity index (χ0v) is 15.3. The Morgan fingerprint density at radius 3 is 2.39 bits per heavy atom. The Balaban J connectivity index is 1.89. The maximum absolute atomic E-state index is 13.2. The van der Waals surface area contributed by atoms with Crippen molar-refractivity contribution >= 4 is 11.0 Å². The standard InChI is InChI=1S/C22H18FN3O2/c1-15-4-2-5-17(12-15)14-25-19-6-3-11-24-20(19)21(27)26(22(25)28)13-16-7-9-18(23)10-8-16/h2-12H,13-14H2,1H3. The zero-order chi connectivity index (χ0) is 19.7. The summed E-state index contributed by atoms with van der Waals surface area (Å²) in [5, 5.41) is 0. The molecule has 0 bridgehead atoms. The number of pyridine rings is 1. The van der Waals surface area contributed by atoms with Gasteiger partial charge in [-0.25, -0.2) is 14.2 Å². The van der Waals surface area contributed by atoms with E-state index in [1.54, 1.807) is 28.8 Å². The molecule has 0 atom stereocenters. The largest absolute Gasteiger partial charge is 0.332 e. The second-order valence-electron chi connectivity index (χ2n) is 6.75. The van der Waals surface area contributed by atoms with E-state index in [0.29, 0.717) is 17.6 Å². The third kappa shape index (κ3) is 3.36. The average Bonchev–Trinajstić information content (AvgIpc) is 2.70. The summed E-state index contributed by atoms with van der Waals surface area (Å²) >= 11 is 0. The molecule has 0 amide bonds. The van der Waals surface area contributed by atoms with Crippen LogP contribution < -0.4 is 11.2 Å². The number of aryl methyl sites for hydroxylation is 1. The Morgan fingerprint density at radius 1 is 0.893 bits per heavy atom. The third-order valence-electron chi connectivity index (χ3n) is 4.66. The van der Waals surface area contributed by atoms with Crippen LogP contribution >= 0.6 is 0 Å². The number of fused-ring (bicyclic) bond motifs is 1. The molecule has 0 aliphatic rings. The van der Waals surface area contributed by atoms with Gasteiger partial charge in [0.1, 0.15) is 5.82 Å². The minimum Gasteiger partial charge on any atom is -0.287 e. The lowest BCUT2D eigenvalue weighted by molar-refractivity contribution is 0.619. The van der Waals surface area contributed by atoms with Crippen LogP contribution in [0.4, 0.5) is 4.39 Å². The molecule has 4 rings (SSSR count). The van der Waals surface area contributed by atoms with Crippen molar-refractivity contribution < 1.29 is 4.39 Å². The van der Waals surface area contributed by atoms with E-state index >= 15 is 0 Å². The molecule has 6 heteroatoms. The molecule has 0 N–H and O–H groups in total. The predicted molar refractivity (Wildman–Crippen MR) is 106 cm³/mol. The van der Waals surface area contributed by atoms with Gasteiger partial charge in [-0.1, -0.05) is 42.0 Å². The molecule has 28 heavy (non-hydrogen) atoms. The molecule has 0 saturated carbocycles. The van der Waals surface area contributed by atoms with E-state index in [2.05, 4.69) is 4.98 Å². The molecule has 0 aliphatic heterocycles. The van der Waals surface area contributed by atoms with E-state index in [4.69, 9.17) is 0 Å².